The van der Waals surface area contributed by atoms with Crippen LogP contribution in [0.4, 0.5) is 5.69 Å². The van der Waals surface area contributed by atoms with Gasteiger partial charge in [0.05, 0.1) is 35.6 Å². The third-order valence-electron chi connectivity index (χ3n) is 8.89. The number of hydrogen-bond acceptors (Lipinski definition) is 9. The molecule has 4 heterocycles. The standard InChI is InChI=1S/C37H39Cl2N7O5/c1-50-36-21(17-40-19-23-11-15-31(47)42-23)9-13-28(45-36)27-7-3-5-25(33(27)38)26-6-4-8-29(34(26)39)44-35(49)30-14-10-22(37(46-30)51-2)18-41-20-24-12-16-32(48)43-24/h3-10,13-14,23-24,40-41H,11-12,15-20H2,1-2H3,(H,42,47)(H,43,48)(H,44,49). The van der Waals surface area contributed by atoms with Gasteiger partial charge in [0.25, 0.3) is 5.91 Å². The highest BCUT2D eigenvalue weighted by Crippen LogP contribution is 2.41. The van der Waals surface area contributed by atoms with Crippen molar-refractivity contribution in [1.82, 2.24) is 31.2 Å². The van der Waals surface area contributed by atoms with E-state index in [1.165, 1.54) is 7.11 Å². The van der Waals surface area contributed by atoms with E-state index in [4.69, 9.17) is 37.7 Å². The first-order chi connectivity index (χ1) is 24.7. The highest BCUT2D eigenvalue weighted by Gasteiger charge is 2.22. The molecule has 0 saturated carbocycles. The molecule has 4 aromatic rings. The Hall–Kier alpha value is -4.75. The molecule has 0 aliphatic carbocycles. The smallest absolute Gasteiger partial charge is 0.274 e. The first kappa shape index (κ1) is 36.1. The van der Waals surface area contributed by atoms with Crippen LogP contribution in [0.25, 0.3) is 22.4 Å². The van der Waals surface area contributed by atoms with Crippen molar-refractivity contribution in [2.45, 2.75) is 50.9 Å². The fraction of sp³-hybridized carbons (Fsp3) is 0.324. The van der Waals surface area contributed by atoms with Gasteiger partial charge in [0.1, 0.15) is 5.69 Å². The summed E-state index contributed by atoms with van der Waals surface area (Å²) >= 11 is 13.9. The van der Waals surface area contributed by atoms with Crippen LogP contribution in [0.3, 0.4) is 0 Å². The lowest BCUT2D eigenvalue weighted by Crippen LogP contribution is -2.35. The number of aromatic nitrogens is 2. The highest BCUT2D eigenvalue weighted by atomic mass is 35.5. The van der Waals surface area contributed by atoms with Crippen LogP contribution in [0.2, 0.25) is 10.0 Å². The number of halogens is 2. The average Bonchev–Trinajstić information content (AvgIpc) is 3.76. The first-order valence-electron chi connectivity index (χ1n) is 16.7. The molecule has 3 amide bonds. The molecular weight excluding hydrogens is 693 g/mol. The predicted molar refractivity (Wildman–Crippen MR) is 196 cm³/mol. The average molecular weight is 733 g/mol. The topological polar surface area (TPSA) is 156 Å². The number of pyridine rings is 2. The SMILES string of the molecule is COc1nc(C(=O)Nc2cccc(-c3cccc(-c4ccc(CNCC5CCC(=O)N5)c(OC)n4)c3Cl)c2Cl)ccc1CNCC1CCC(=O)N1. The van der Waals surface area contributed by atoms with E-state index in [1.807, 2.05) is 36.4 Å². The van der Waals surface area contributed by atoms with Crippen molar-refractivity contribution in [3.63, 3.8) is 0 Å². The van der Waals surface area contributed by atoms with Crippen molar-refractivity contribution in [2.75, 3.05) is 32.6 Å². The number of hydrogen-bond donors (Lipinski definition) is 5. The number of methoxy groups -OCH3 is 2. The van der Waals surface area contributed by atoms with Crippen molar-refractivity contribution < 1.29 is 23.9 Å². The zero-order valence-electron chi connectivity index (χ0n) is 28.3. The lowest BCUT2D eigenvalue weighted by atomic mass is 10.00. The molecule has 266 valence electrons. The van der Waals surface area contributed by atoms with Gasteiger partial charge in [-0.3, -0.25) is 14.4 Å². The maximum absolute atomic E-state index is 13.3. The summed E-state index contributed by atoms with van der Waals surface area (Å²) < 4.78 is 11.1. The van der Waals surface area contributed by atoms with E-state index in [2.05, 4.69) is 31.6 Å². The summed E-state index contributed by atoms with van der Waals surface area (Å²) in [6, 6.07) is 18.4. The van der Waals surface area contributed by atoms with Gasteiger partial charge in [0.15, 0.2) is 0 Å². The molecule has 5 N–H and O–H groups in total. The van der Waals surface area contributed by atoms with Crippen LogP contribution >= 0.6 is 23.2 Å². The molecule has 6 rings (SSSR count). The molecule has 2 aliphatic heterocycles. The Labute approximate surface area is 306 Å². The van der Waals surface area contributed by atoms with E-state index in [1.54, 1.807) is 31.4 Å². The van der Waals surface area contributed by atoms with Crippen LogP contribution in [0, 0.1) is 0 Å². The van der Waals surface area contributed by atoms with Gasteiger partial charge in [-0.05, 0) is 37.1 Å². The third-order valence-corrected chi connectivity index (χ3v) is 9.71. The molecule has 14 heteroatoms. The normalized spacial score (nSPS) is 16.9. The lowest BCUT2D eigenvalue weighted by Gasteiger charge is -2.16. The second-order valence-corrected chi connectivity index (χ2v) is 13.1. The second-order valence-electron chi connectivity index (χ2n) is 12.4. The molecule has 12 nitrogen and oxygen atoms in total. The minimum Gasteiger partial charge on any atom is -0.481 e. The molecule has 2 aromatic carbocycles. The molecule has 0 radical (unpaired) electrons. The van der Waals surface area contributed by atoms with Gasteiger partial charge < -0.3 is 36.1 Å². The van der Waals surface area contributed by atoms with Crippen molar-refractivity contribution >= 4 is 46.6 Å². The molecule has 0 bridgehead atoms. The Kier molecular flexibility index (Phi) is 11.7. The Morgan fingerprint density at radius 3 is 1.88 bits per heavy atom. The van der Waals surface area contributed by atoms with E-state index in [-0.39, 0.29) is 29.6 Å². The summed E-state index contributed by atoms with van der Waals surface area (Å²) in [6.07, 6.45) is 2.71. The Balaban J connectivity index is 1.15. The number of amides is 3. The number of benzene rings is 2. The highest BCUT2D eigenvalue weighted by molar-refractivity contribution is 6.39. The van der Waals surface area contributed by atoms with Gasteiger partial charge in [-0.25, -0.2) is 9.97 Å². The number of nitrogens with one attached hydrogen (secondary N) is 5. The van der Waals surface area contributed by atoms with E-state index in [9.17, 15) is 14.4 Å². The summed E-state index contributed by atoms with van der Waals surface area (Å²) in [6.45, 7) is 2.27. The summed E-state index contributed by atoms with van der Waals surface area (Å²) in [5.74, 6) is 0.479. The molecule has 0 spiro atoms. The van der Waals surface area contributed by atoms with Crippen LogP contribution in [0.1, 0.15) is 47.3 Å². The van der Waals surface area contributed by atoms with Crippen molar-refractivity contribution in [1.29, 1.82) is 0 Å². The minimum absolute atomic E-state index is 0.0666. The summed E-state index contributed by atoms with van der Waals surface area (Å²) in [4.78, 5) is 45.5. The molecule has 51 heavy (non-hydrogen) atoms. The number of ether oxygens (including phenoxy) is 2. The van der Waals surface area contributed by atoms with Gasteiger partial charge in [0.2, 0.25) is 23.6 Å². The second kappa shape index (κ2) is 16.5. The van der Waals surface area contributed by atoms with Gasteiger partial charge in [0, 0.05) is 78.9 Å². The first-order valence-corrected chi connectivity index (χ1v) is 17.5. The number of carbonyl (C=O) groups is 3. The van der Waals surface area contributed by atoms with Crippen LogP contribution in [0.15, 0.2) is 60.7 Å². The third kappa shape index (κ3) is 8.59. The monoisotopic (exact) mass is 731 g/mol. The van der Waals surface area contributed by atoms with E-state index in [0.717, 1.165) is 24.0 Å². The fourth-order valence-electron chi connectivity index (χ4n) is 6.22. The number of anilines is 1. The summed E-state index contributed by atoms with van der Waals surface area (Å²) in [5.41, 5.74) is 4.79. The Bertz CT molecular complexity index is 1940. The fourth-order valence-corrected chi connectivity index (χ4v) is 6.82. The minimum atomic E-state index is -0.459. The maximum Gasteiger partial charge on any atom is 0.274 e. The molecule has 2 atom stereocenters. The molecule has 2 aromatic heterocycles. The Morgan fingerprint density at radius 1 is 0.745 bits per heavy atom. The van der Waals surface area contributed by atoms with Gasteiger partial charge in [-0.15, -0.1) is 0 Å². The zero-order chi connectivity index (χ0) is 35.9. The largest absolute Gasteiger partial charge is 0.481 e. The van der Waals surface area contributed by atoms with Crippen LogP contribution in [-0.4, -0.2) is 67.1 Å². The number of carbonyl (C=O) groups excluding carboxylic acids is 3. The van der Waals surface area contributed by atoms with Crippen LogP contribution < -0.4 is 36.1 Å². The van der Waals surface area contributed by atoms with Gasteiger partial charge in [-0.1, -0.05) is 59.6 Å². The lowest BCUT2D eigenvalue weighted by molar-refractivity contribution is -0.120. The zero-order valence-corrected chi connectivity index (χ0v) is 29.8. The molecule has 2 saturated heterocycles. The molecule has 2 unspecified atom stereocenters. The van der Waals surface area contributed by atoms with E-state index >= 15 is 0 Å². The van der Waals surface area contributed by atoms with Crippen molar-refractivity contribution in [3.05, 3.63) is 87.5 Å². The van der Waals surface area contributed by atoms with Gasteiger partial charge >= 0.3 is 0 Å². The van der Waals surface area contributed by atoms with Crippen molar-refractivity contribution in [2.24, 2.45) is 0 Å². The van der Waals surface area contributed by atoms with E-state index in [0.29, 0.717) is 88.9 Å². The molecule has 2 aliphatic rings. The summed E-state index contributed by atoms with van der Waals surface area (Å²) in [7, 11) is 3.07. The molecule has 2 fully saturated rings. The Morgan fingerprint density at radius 2 is 1.29 bits per heavy atom. The van der Waals surface area contributed by atoms with Gasteiger partial charge in [-0.2, -0.15) is 0 Å². The predicted octanol–water partition coefficient (Wildman–Crippen LogP) is 5.12. The number of nitrogens with zero attached hydrogens (tertiary/aromatic N) is 2. The van der Waals surface area contributed by atoms with Crippen LogP contribution in [0.5, 0.6) is 11.8 Å². The number of rotatable bonds is 14. The van der Waals surface area contributed by atoms with E-state index < -0.39 is 5.91 Å². The summed E-state index contributed by atoms with van der Waals surface area (Å²) in [5, 5.41) is 16.2. The van der Waals surface area contributed by atoms with Crippen molar-refractivity contribution in [3.8, 4) is 34.1 Å². The molecular formula is C37H39Cl2N7O5. The van der Waals surface area contributed by atoms with Crippen LogP contribution in [-0.2, 0) is 22.7 Å². The quantitative estimate of drug-likeness (QED) is 0.119. The maximum atomic E-state index is 13.3.